The molecule has 0 bridgehead atoms. The Morgan fingerprint density at radius 3 is 2.67 bits per heavy atom. The number of methoxy groups -OCH3 is 1. The lowest BCUT2D eigenvalue weighted by molar-refractivity contribution is -0.137. The van der Waals surface area contributed by atoms with E-state index in [1.807, 2.05) is 49.2 Å². The summed E-state index contributed by atoms with van der Waals surface area (Å²) in [5.41, 5.74) is 3.76. The highest BCUT2D eigenvalue weighted by Crippen LogP contribution is 2.37. The van der Waals surface area contributed by atoms with Crippen LogP contribution in [0.25, 0.3) is 10.9 Å². The molecule has 0 aliphatic carbocycles. The number of aryl methyl sites for hydroxylation is 1. The van der Waals surface area contributed by atoms with Crippen LogP contribution in [0.3, 0.4) is 0 Å². The van der Waals surface area contributed by atoms with Gasteiger partial charge in [0, 0.05) is 63.2 Å². The number of hydrogen-bond donors (Lipinski definition) is 3. The van der Waals surface area contributed by atoms with E-state index in [2.05, 4.69) is 25.9 Å². The van der Waals surface area contributed by atoms with E-state index < -0.39 is 11.4 Å². The molecule has 0 saturated carbocycles. The van der Waals surface area contributed by atoms with Gasteiger partial charge in [-0.25, -0.2) is 0 Å². The van der Waals surface area contributed by atoms with Crippen LogP contribution in [0.2, 0.25) is 5.02 Å². The molecule has 3 amide bonds. The second-order valence-corrected chi connectivity index (χ2v) is 13.1. The molecule has 1 unspecified atom stereocenters. The van der Waals surface area contributed by atoms with Crippen LogP contribution in [0.4, 0.5) is 33.2 Å². The number of carbonyl (C=O) groups is 3. The minimum atomic E-state index is -0.909. The first-order chi connectivity index (χ1) is 22.9. The number of piperidine rings is 2. The number of hydrogen-bond acceptors (Lipinski definition) is 10. The molecule has 3 N–H and O–H groups in total. The van der Waals surface area contributed by atoms with E-state index in [9.17, 15) is 14.4 Å². The number of imide groups is 1. The van der Waals surface area contributed by atoms with E-state index in [0.717, 1.165) is 27.8 Å². The summed E-state index contributed by atoms with van der Waals surface area (Å²) in [7, 11) is 5.20. The second kappa shape index (κ2) is 12.0. The fraction of sp³-hybridized carbons (Fsp3) is 0.394. The van der Waals surface area contributed by atoms with Gasteiger partial charge in [0.05, 0.1) is 35.2 Å². The van der Waals surface area contributed by atoms with Gasteiger partial charge in [-0.05, 0) is 61.7 Å². The maximum absolute atomic E-state index is 15.0. The van der Waals surface area contributed by atoms with Gasteiger partial charge in [0.2, 0.25) is 29.6 Å². The van der Waals surface area contributed by atoms with Crippen molar-refractivity contribution >= 4 is 69.1 Å². The molecule has 48 heavy (non-hydrogen) atoms. The van der Waals surface area contributed by atoms with Crippen LogP contribution in [0.1, 0.15) is 37.4 Å². The Morgan fingerprint density at radius 1 is 1.10 bits per heavy atom. The second-order valence-electron chi connectivity index (χ2n) is 12.7. The van der Waals surface area contributed by atoms with Crippen LogP contribution in [0, 0.1) is 5.95 Å². The number of amides is 3. The van der Waals surface area contributed by atoms with Crippen molar-refractivity contribution in [1.29, 1.82) is 0 Å². The fourth-order valence-electron chi connectivity index (χ4n) is 6.82. The summed E-state index contributed by atoms with van der Waals surface area (Å²) in [6.07, 6.45) is 1.30. The molecule has 2 fully saturated rings. The first-order valence-corrected chi connectivity index (χ1v) is 16.1. The molecule has 0 radical (unpaired) electrons. The van der Waals surface area contributed by atoms with Gasteiger partial charge in [-0.2, -0.15) is 19.5 Å². The third-order valence-electron chi connectivity index (χ3n) is 9.70. The summed E-state index contributed by atoms with van der Waals surface area (Å²) in [5.74, 6) is -1.13. The molecule has 3 aliphatic heterocycles. The normalized spacial score (nSPS) is 22.7. The zero-order chi connectivity index (χ0) is 33.9. The van der Waals surface area contributed by atoms with Crippen LogP contribution >= 0.6 is 11.6 Å². The van der Waals surface area contributed by atoms with Gasteiger partial charge in [-0.15, -0.1) is 0 Å². The maximum atomic E-state index is 15.0. The molecule has 7 rings (SSSR count). The molecule has 15 heteroatoms. The summed E-state index contributed by atoms with van der Waals surface area (Å²) in [4.78, 5) is 48.8. The predicted octanol–water partition coefficient (Wildman–Crippen LogP) is 3.82. The standard InChI is InChI=1S/C33H35ClFN9O4/c1-33(11-9-25(45)38-31(33)47)28-20-7-5-19(15-23(20)43(3)41-28)36-21-10-12-44(16-24(21)48-4)32-39-29(35)27(34)30(40-32)37-18-6-8-22-17(13-18)14-26(46)42(22)2/h5-8,13,15,21,24,36H,9-12,14,16H2,1-4H3,(H,37,39,40)(H,38,45,47)/t21-,24-,33?/m1/s1. The van der Waals surface area contributed by atoms with Crippen LogP contribution < -0.4 is 25.8 Å². The smallest absolute Gasteiger partial charge is 0.238 e. The van der Waals surface area contributed by atoms with Crippen molar-refractivity contribution in [2.75, 3.05) is 47.7 Å². The highest BCUT2D eigenvalue weighted by atomic mass is 35.5. The van der Waals surface area contributed by atoms with Crippen LogP contribution in [0.15, 0.2) is 36.4 Å². The Morgan fingerprint density at radius 2 is 1.90 bits per heavy atom. The SMILES string of the molecule is CO[C@@H]1CN(c2nc(F)c(Cl)c(Nc3ccc4c(c3)CC(=O)N4C)n2)CC[C@H]1Nc1ccc2c(C3(C)CCC(=O)NC3=O)nn(C)c2c1. The zero-order valence-electron chi connectivity index (χ0n) is 26.9. The van der Waals surface area contributed by atoms with E-state index in [1.165, 1.54) is 0 Å². The van der Waals surface area contributed by atoms with Crippen molar-refractivity contribution in [3.63, 3.8) is 0 Å². The average molecular weight is 676 g/mol. The van der Waals surface area contributed by atoms with Crippen molar-refractivity contribution in [3.8, 4) is 0 Å². The van der Waals surface area contributed by atoms with Crippen LogP contribution in [-0.2, 0) is 38.0 Å². The Hall–Kier alpha value is -4.82. The number of nitrogens with one attached hydrogen (secondary N) is 3. The van der Waals surface area contributed by atoms with Crippen molar-refractivity contribution in [2.45, 2.75) is 50.2 Å². The van der Waals surface area contributed by atoms with Gasteiger partial charge in [0.25, 0.3) is 0 Å². The highest BCUT2D eigenvalue weighted by Gasteiger charge is 2.43. The maximum Gasteiger partial charge on any atom is 0.238 e. The van der Waals surface area contributed by atoms with E-state index >= 15 is 4.39 Å². The largest absolute Gasteiger partial charge is 0.379 e. The summed E-state index contributed by atoms with van der Waals surface area (Å²) >= 11 is 6.29. The van der Waals surface area contributed by atoms with Gasteiger partial charge in [0.1, 0.15) is 5.02 Å². The Balaban J connectivity index is 1.07. The fourth-order valence-corrected chi connectivity index (χ4v) is 6.95. The third kappa shape index (κ3) is 5.48. The summed E-state index contributed by atoms with van der Waals surface area (Å²) < 4.78 is 22.6. The number of fused-ring (bicyclic) bond motifs is 2. The lowest BCUT2D eigenvalue weighted by atomic mass is 9.77. The number of ether oxygens (including phenoxy) is 1. The minimum Gasteiger partial charge on any atom is -0.379 e. The lowest BCUT2D eigenvalue weighted by Crippen LogP contribution is -2.51. The molecule has 4 aromatic rings. The number of carbonyl (C=O) groups excluding carboxylic acids is 3. The Kier molecular flexibility index (Phi) is 7.95. The van der Waals surface area contributed by atoms with E-state index in [1.54, 1.807) is 29.8 Å². The Labute approximate surface area is 280 Å². The quantitative estimate of drug-likeness (QED) is 0.195. The van der Waals surface area contributed by atoms with Gasteiger partial charge in [-0.1, -0.05) is 11.6 Å². The lowest BCUT2D eigenvalue weighted by Gasteiger charge is -2.38. The molecule has 250 valence electrons. The first-order valence-electron chi connectivity index (χ1n) is 15.7. The summed E-state index contributed by atoms with van der Waals surface area (Å²) in [6.45, 7) is 2.74. The van der Waals surface area contributed by atoms with Gasteiger partial charge in [-0.3, -0.25) is 24.4 Å². The molecular weight excluding hydrogens is 641 g/mol. The van der Waals surface area contributed by atoms with E-state index in [4.69, 9.17) is 21.4 Å². The van der Waals surface area contributed by atoms with Crippen molar-refractivity contribution in [1.82, 2.24) is 25.1 Å². The number of aromatic nitrogens is 4. The number of rotatable bonds is 7. The molecule has 2 aromatic carbocycles. The number of benzene rings is 2. The molecule has 3 aliphatic rings. The molecule has 0 spiro atoms. The van der Waals surface area contributed by atoms with E-state index in [0.29, 0.717) is 37.3 Å². The third-order valence-corrected chi connectivity index (χ3v) is 10.0. The molecule has 3 atom stereocenters. The van der Waals surface area contributed by atoms with Crippen LogP contribution in [-0.4, -0.2) is 76.9 Å². The van der Waals surface area contributed by atoms with Gasteiger partial charge < -0.3 is 25.2 Å². The molecule has 2 saturated heterocycles. The highest BCUT2D eigenvalue weighted by molar-refractivity contribution is 6.33. The minimum absolute atomic E-state index is 0.00647. The summed E-state index contributed by atoms with van der Waals surface area (Å²) in [5, 5.41) is 14.5. The van der Waals surface area contributed by atoms with Gasteiger partial charge in [0.15, 0.2) is 5.82 Å². The monoisotopic (exact) mass is 675 g/mol. The van der Waals surface area contributed by atoms with Crippen LogP contribution in [0.5, 0.6) is 0 Å². The number of likely N-dealkylation sites (N-methyl/N-ethyl adjacent to an activating group) is 1. The van der Waals surface area contributed by atoms with E-state index in [-0.39, 0.29) is 59.5 Å². The number of nitrogens with zero attached hydrogens (tertiary/aromatic N) is 6. The Bertz CT molecular complexity index is 1990. The molecular formula is C33H35ClFN9O4. The predicted molar refractivity (Wildman–Crippen MR) is 179 cm³/mol. The zero-order valence-corrected chi connectivity index (χ0v) is 27.7. The molecule has 5 heterocycles. The number of halogens is 2. The molecule has 13 nitrogen and oxygen atoms in total. The topological polar surface area (TPSA) is 147 Å². The summed E-state index contributed by atoms with van der Waals surface area (Å²) in [6, 6.07) is 11.3. The van der Waals surface area contributed by atoms with Gasteiger partial charge >= 0.3 is 0 Å². The van der Waals surface area contributed by atoms with Crippen molar-refractivity contribution < 1.29 is 23.5 Å². The first kappa shape index (κ1) is 31.8. The average Bonchev–Trinajstić information content (AvgIpc) is 3.55. The molecule has 2 aromatic heterocycles. The van der Waals surface area contributed by atoms with Crippen molar-refractivity contribution in [2.24, 2.45) is 7.05 Å². The van der Waals surface area contributed by atoms with Crippen molar-refractivity contribution in [3.05, 3.63) is 58.6 Å². The number of anilines is 5.